The largest absolute Gasteiger partial charge is 0.360 e. The van der Waals surface area contributed by atoms with Crippen molar-refractivity contribution in [1.82, 2.24) is 4.90 Å². The van der Waals surface area contributed by atoms with E-state index in [2.05, 4.69) is 0 Å². The minimum Gasteiger partial charge on any atom is -0.360 e. The van der Waals surface area contributed by atoms with Gasteiger partial charge in [0.05, 0.1) is 17.8 Å². The van der Waals surface area contributed by atoms with Crippen LogP contribution in [-0.4, -0.2) is 29.7 Å². The van der Waals surface area contributed by atoms with E-state index in [1.165, 1.54) is 0 Å². The number of nitrogens with zero attached hydrogens (tertiary/aromatic N) is 1. The van der Waals surface area contributed by atoms with Gasteiger partial charge in [-0.15, -0.1) is 0 Å². The van der Waals surface area contributed by atoms with Crippen molar-refractivity contribution in [3.63, 3.8) is 0 Å². The molecule has 0 saturated carbocycles. The quantitative estimate of drug-likeness (QED) is 0.502. The van der Waals surface area contributed by atoms with Crippen LogP contribution in [0.25, 0.3) is 0 Å². The highest BCUT2D eigenvalue weighted by Gasteiger charge is 2.25. The number of carbonyl (C=O) groups is 1. The van der Waals surface area contributed by atoms with Gasteiger partial charge in [-0.05, 0) is 6.08 Å². The Hall–Kier alpha value is -1.60. The Morgan fingerprint density at radius 1 is 1.46 bits per heavy atom. The van der Waals surface area contributed by atoms with E-state index < -0.39 is 0 Å². The van der Waals surface area contributed by atoms with E-state index in [1.807, 2.05) is 29.1 Å². The van der Waals surface area contributed by atoms with Gasteiger partial charge in [-0.2, -0.15) is 0 Å². The van der Waals surface area contributed by atoms with Gasteiger partial charge in [-0.3, -0.25) is 4.79 Å². The van der Waals surface area contributed by atoms with Crippen LogP contribution in [0.5, 0.6) is 0 Å². The summed E-state index contributed by atoms with van der Waals surface area (Å²) < 4.78 is 0. The van der Waals surface area contributed by atoms with Crippen LogP contribution in [0.4, 0.5) is 0 Å². The van der Waals surface area contributed by atoms with Crippen molar-refractivity contribution in [2.75, 3.05) is 13.1 Å². The van der Waals surface area contributed by atoms with Crippen molar-refractivity contribution in [2.24, 2.45) is 0 Å². The highest BCUT2D eigenvalue weighted by molar-refractivity contribution is 5.89. The average Bonchev–Trinajstić information content (AvgIpc) is 2.16. The predicted molar refractivity (Wildman–Crippen MR) is 47.6 cm³/mol. The number of allylic oxidation sites excluding steroid dienone is 3. The van der Waals surface area contributed by atoms with Crippen LogP contribution >= 0.6 is 0 Å². The standard InChI is InChI=1S/C10H9NO2/c12-7-8-5-9(13)6-11-4-2-1-3-10(8)11/h1-3H,4-6H2. The van der Waals surface area contributed by atoms with Gasteiger partial charge in [0.15, 0.2) is 5.78 Å². The molecule has 3 heteroatoms. The van der Waals surface area contributed by atoms with E-state index in [1.54, 1.807) is 0 Å². The molecule has 2 aliphatic rings. The Balaban J connectivity index is 2.39. The normalized spacial score (nSPS) is 20.9. The summed E-state index contributed by atoms with van der Waals surface area (Å²) in [6.45, 7) is 1.13. The fourth-order valence-electron chi connectivity index (χ4n) is 1.64. The number of rotatable bonds is 0. The fraction of sp³-hybridized carbons (Fsp3) is 0.300. The first-order valence-corrected chi connectivity index (χ1v) is 4.19. The molecule has 1 saturated heterocycles. The van der Waals surface area contributed by atoms with Gasteiger partial charge in [-0.25, -0.2) is 4.79 Å². The van der Waals surface area contributed by atoms with Crippen molar-refractivity contribution in [3.05, 3.63) is 29.5 Å². The first-order valence-electron chi connectivity index (χ1n) is 4.19. The van der Waals surface area contributed by atoms with Crippen molar-refractivity contribution in [1.29, 1.82) is 0 Å². The summed E-state index contributed by atoms with van der Waals surface area (Å²) in [5, 5.41) is 0. The van der Waals surface area contributed by atoms with Crippen LogP contribution in [-0.2, 0) is 9.59 Å². The minimum absolute atomic E-state index is 0.0887. The number of hydrogen-bond acceptors (Lipinski definition) is 3. The monoisotopic (exact) mass is 175 g/mol. The van der Waals surface area contributed by atoms with Gasteiger partial charge in [0.25, 0.3) is 0 Å². The molecular weight excluding hydrogens is 166 g/mol. The number of hydrogen-bond donors (Lipinski definition) is 0. The molecule has 0 atom stereocenters. The lowest BCUT2D eigenvalue weighted by atomic mass is 9.99. The molecule has 0 aromatic heterocycles. The molecule has 66 valence electrons. The maximum atomic E-state index is 11.2. The van der Waals surface area contributed by atoms with Crippen LogP contribution in [0.3, 0.4) is 0 Å². The third kappa shape index (κ3) is 1.34. The molecule has 0 N–H and O–H groups in total. The summed E-state index contributed by atoms with van der Waals surface area (Å²) in [5.74, 6) is 1.92. The van der Waals surface area contributed by atoms with Crippen molar-refractivity contribution >= 4 is 11.7 Å². The van der Waals surface area contributed by atoms with Gasteiger partial charge < -0.3 is 4.90 Å². The van der Waals surface area contributed by atoms with E-state index in [0.717, 1.165) is 5.70 Å². The summed E-state index contributed by atoms with van der Waals surface area (Å²) >= 11 is 0. The third-order valence-electron chi connectivity index (χ3n) is 2.23. The molecule has 0 amide bonds. The molecule has 1 fully saturated rings. The van der Waals surface area contributed by atoms with E-state index in [9.17, 15) is 9.59 Å². The maximum Gasteiger partial charge on any atom is 0.157 e. The molecule has 2 aliphatic heterocycles. The first-order chi connectivity index (χ1) is 6.31. The van der Waals surface area contributed by atoms with E-state index in [4.69, 9.17) is 0 Å². The smallest absolute Gasteiger partial charge is 0.157 e. The summed E-state index contributed by atoms with van der Waals surface area (Å²) in [5.41, 5.74) is 1.35. The van der Waals surface area contributed by atoms with Crippen molar-refractivity contribution in [2.45, 2.75) is 6.42 Å². The summed E-state index contributed by atoms with van der Waals surface area (Å²) in [6.07, 6.45) is 5.96. The molecule has 0 spiro atoms. The van der Waals surface area contributed by atoms with Crippen LogP contribution in [0, 0.1) is 0 Å². The molecular formula is C10H9NO2. The SMILES string of the molecule is O=C=C1CC(=O)CN2CC=CC=C12. The molecule has 0 bridgehead atoms. The van der Waals surface area contributed by atoms with Crippen LogP contribution < -0.4 is 0 Å². The molecule has 2 rings (SSSR count). The van der Waals surface area contributed by atoms with Gasteiger partial charge in [0, 0.05) is 13.0 Å². The lowest BCUT2D eigenvalue weighted by Gasteiger charge is -2.31. The molecule has 0 aromatic rings. The third-order valence-corrected chi connectivity index (χ3v) is 2.23. The molecule has 0 radical (unpaired) electrons. The molecule has 13 heavy (non-hydrogen) atoms. The van der Waals surface area contributed by atoms with Crippen LogP contribution in [0.1, 0.15) is 6.42 Å². The topological polar surface area (TPSA) is 37.4 Å². The average molecular weight is 175 g/mol. The summed E-state index contributed by atoms with van der Waals surface area (Å²) in [4.78, 5) is 23.6. The van der Waals surface area contributed by atoms with Crippen molar-refractivity contribution < 1.29 is 9.59 Å². The number of fused-ring (bicyclic) bond motifs is 1. The van der Waals surface area contributed by atoms with Gasteiger partial charge in [0.1, 0.15) is 5.94 Å². The van der Waals surface area contributed by atoms with E-state index in [0.29, 0.717) is 18.7 Å². The van der Waals surface area contributed by atoms with E-state index >= 15 is 0 Å². The lowest BCUT2D eigenvalue weighted by Crippen LogP contribution is -2.36. The highest BCUT2D eigenvalue weighted by Crippen LogP contribution is 2.24. The second-order valence-electron chi connectivity index (χ2n) is 3.16. The molecule has 0 aliphatic carbocycles. The number of ketones is 1. The maximum absolute atomic E-state index is 11.2. The fourth-order valence-corrected chi connectivity index (χ4v) is 1.64. The Kier molecular flexibility index (Phi) is 1.87. The Morgan fingerprint density at radius 3 is 3.08 bits per heavy atom. The lowest BCUT2D eigenvalue weighted by molar-refractivity contribution is -0.119. The minimum atomic E-state index is 0.0887. The summed E-state index contributed by atoms with van der Waals surface area (Å²) in [6, 6.07) is 0. The highest BCUT2D eigenvalue weighted by atomic mass is 16.1. The molecule has 0 unspecified atom stereocenters. The second kappa shape index (κ2) is 3.04. The van der Waals surface area contributed by atoms with Gasteiger partial charge >= 0.3 is 0 Å². The van der Waals surface area contributed by atoms with Gasteiger partial charge in [0.2, 0.25) is 0 Å². The Morgan fingerprint density at radius 2 is 2.31 bits per heavy atom. The zero-order valence-corrected chi connectivity index (χ0v) is 7.12. The second-order valence-corrected chi connectivity index (χ2v) is 3.16. The number of carbonyl (C=O) groups excluding carboxylic acids is 2. The first kappa shape index (κ1) is 8.02. The molecule has 0 aromatic carbocycles. The number of Topliss-reactive ketones (excluding diaryl/α,β-unsaturated/α-hetero) is 1. The van der Waals surface area contributed by atoms with Crippen LogP contribution in [0.15, 0.2) is 29.5 Å². The van der Waals surface area contributed by atoms with Crippen LogP contribution in [0.2, 0.25) is 0 Å². The molecule has 2 heterocycles. The summed E-state index contributed by atoms with van der Waals surface area (Å²) in [7, 11) is 0. The number of piperidine rings is 1. The van der Waals surface area contributed by atoms with E-state index in [-0.39, 0.29) is 12.2 Å². The van der Waals surface area contributed by atoms with Gasteiger partial charge in [-0.1, -0.05) is 12.2 Å². The zero-order chi connectivity index (χ0) is 9.26. The Bertz CT molecular complexity index is 359. The Labute approximate surface area is 76.0 Å². The predicted octanol–water partition coefficient (Wildman–Crippen LogP) is 0.473. The zero-order valence-electron chi connectivity index (χ0n) is 7.12. The van der Waals surface area contributed by atoms with Crippen molar-refractivity contribution in [3.8, 4) is 0 Å². The molecule has 3 nitrogen and oxygen atoms in total.